The van der Waals surface area contributed by atoms with Gasteiger partial charge in [-0.05, 0) is 37.3 Å². The summed E-state index contributed by atoms with van der Waals surface area (Å²) in [7, 11) is 0. The molecular weight excluding hydrogens is 310 g/mol. The molecule has 124 valence electrons. The predicted molar refractivity (Wildman–Crippen MR) is 98.5 cm³/mol. The van der Waals surface area contributed by atoms with Crippen molar-refractivity contribution in [2.75, 3.05) is 0 Å². The molecule has 0 aliphatic heterocycles. The van der Waals surface area contributed by atoms with Crippen molar-refractivity contribution in [3.05, 3.63) is 84.1 Å². The highest BCUT2D eigenvalue weighted by Crippen LogP contribution is 2.24. The number of rotatable bonds is 4. The van der Waals surface area contributed by atoms with Gasteiger partial charge in [0.1, 0.15) is 0 Å². The van der Waals surface area contributed by atoms with E-state index in [1.807, 2.05) is 72.4 Å². The van der Waals surface area contributed by atoms with Gasteiger partial charge in [-0.25, -0.2) is 4.68 Å². The van der Waals surface area contributed by atoms with Crippen LogP contribution in [0.15, 0.2) is 67.0 Å². The van der Waals surface area contributed by atoms with Crippen LogP contribution in [0.25, 0.3) is 16.6 Å². The van der Waals surface area contributed by atoms with E-state index in [1.54, 1.807) is 6.20 Å². The average molecular weight is 329 g/mol. The number of benzene rings is 1. The van der Waals surface area contributed by atoms with Crippen molar-refractivity contribution in [1.82, 2.24) is 19.7 Å². The summed E-state index contributed by atoms with van der Waals surface area (Å²) in [6, 6.07) is 17.8. The smallest absolute Gasteiger partial charge is 0.0884 e. The molecule has 4 rings (SSSR count). The van der Waals surface area contributed by atoms with Crippen molar-refractivity contribution < 1.29 is 0 Å². The number of hydrogen-bond acceptors (Lipinski definition) is 4. The molecule has 0 bridgehead atoms. The van der Waals surface area contributed by atoms with Gasteiger partial charge in [-0.1, -0.05) is 24.3 Å². The minimum absolute atomic E-state index is 0.256. The molecule has 0 unspecified atom stereocenters. The summed E-state index contributed by atoms with van der Waals surface area (Å²) in [5.74, 6) is 0. The molecule has 0 saturated heterocycles. The molecule has 0 saturated carbocycles. The number of fused-ring (bicyclic) bond motifs is 1. The van der Waals surface area contributed by atoms with Crippen molar-refractivity contribution in [2.24, 2.45) is 5.73 Å². The number of aromatic nitrogens is 4. The van der Waals surface area contributed by atoms with Gasteiger partial charge in [-0.15, -0.1) is 0 Å². The van der Waals surface area contributed by atoms with Gasteiger partial charge in [0.05, 0.1) is 29.1 Å². The third kappa shape index (κ3) is 3.02. The summed E-state index contributed by atoms with van der Waals surface area (Å²) in [5, 5.41) is 5.62. The Morgan fingerprint density at radius 2 is 1.92 bits per heavy atom. The zero-order valence-corrected chi connectivity index (χ0v) is 14.0. The lowest BCUT2D eigenvalue weighted by molar-refractivity contribution is 0.671. The third-order valence-corrected chi connectivity index (χ3v) is 4.25. The summed E-state index contributed by atoms with van der Waals surface area (Å²) in [5.41, 5.74) is 11.2. The summed E-state index contributed by atoms with van der Waals surface area (Å²) in [4.78, 5) is 9.10. The van der Waals surface area contributed by atoms with Crippen molar-refractivity contribution in [2.45, 2.75) is 19.4 Å². The average Bonchev–Trinajstić information content (AvgIpc) is 3.06. The van der Waals surface area contributed by atoms with Crippen molar-refractivity contribution in [3.8, 4) is 5.69 Å². The maximum absolute atomic E-state index is 6.48. The molecule has 0 spiro atoms. The Morgan fingerprint density at radius 3 is 2.80 bits per heavy atom. The van der Waals surface area contributed by atoms with Crippen LogP contribution in [0, 0.1) is 6.92 Å². The summed E-state index contributed by atoms with van der Waals surface area (Å²) >= 11 is 0. The highest BCUT2D eigenvalue weighted by Gasteiger charge is 2.17. The van der Waals surface area contributed by atoms with Gasteiger partial charge in [-0.3, -0.25) is 9.97 Å². The molecule has 5 heteroatoms. The van der Waals surface area contributed by atoms with Crippen LogP contribution in [0.1, 0.15) is 23.1 Å². The monoisotopic (exact) mass is 329 g/mol. The maximum Gasteiger partial charge on any atom is 0.0884 e. The topological polar surface area (TPSA) is 69.6 Å². The first-order chi connectivity index (χ1) is 12.2. The zero-order valence-electron chi connectivity index (χ0n) is 14.0. The van der Waals surface area contributed by atoms with E-state index in [1.165, 1.54) is 0 Å². The molecule has 0 fully saturated rings. The van der Waals surface area contributed by atoms with Gasteiger partial charge in [-0.2, -0.15) is 5.10 Å². The number of pyridine rings is 2. The molecule has 0 amide bonds. The van der Waals surface area contributed by atoms with Crippen LogP contribution in [-0.2, 0) is 6.42 Å². The van der Waals surface area contributed by atoms with E-state index >= 15 is 0 Å². The van der Waals surface area contributed by atoms with Gasteiger partial charge in [0.25, 0.3) is 0 Å². The number of para-hydroxylation sites is 1. The van der Waals surface area contributed by atoms with Crippen LogP contribution in [0.5, 0.6) is 0 Å². The molecule has 5 nitrogen and oxygen atoms in total. The van der Waals surface area contributed by atoms with Crippen LogP contribution in [0.2, 0.25) is 0 Å². The molecule has 4 aromatic rings. The van der Waals surface area contributed by atoms with E-state index in [2.05, 4.69) is 15.1 Å². The Morgan fingerprint density at radius 1 is 1.04 bits per heavy atom. The number of aryl methyl sites for hydroxylation is 1. The lowest BCUT2D eigenvalue weighted by atomic mass is 10.1. The SMILES string of the molecule is Cc1cccc(C[C@H](N)c2ncccc2-n2ncc3ccccc32)n1. The molecule has 2 N–H and O–H groups in total. The van der Waals surface area contributed by atoms with Crippen LogP contribution in [-0.4, -0.2) is 19.7 Å². The van der Waals surface area contributed by atoms with E-state index in [9.17, 15) is 0 Å². The first-order valence-electron chi connectivity index (χ1n) is 8.28. The second-order valence-electron chi connectivity index (χ2n) is 6.10. The fourth-order valence-electron chi connectivity index (χ4n) is 3.07. The van der Waals surface area contributed by atoms with Crippen molar-refractivity contribution in [1.29, 1.82) is 0 Å². The quantitative estimate of drug-likeness (QED) is 0.623. The van der Waals surface area contributed by atoms with Gasteiger partial charge < -0.3 is 5.73 Å². The Balaban J connectivity index is 1.74. The summed E-state index contributed by atoms with van der Waals surface area (Å²) in [6.07, 6.45) is 4.26. The maximum atomic E-state index is 6.48. The van der Waals surface area contributed by atoms with Crippen LogP contribution >= 0.6 is 0 Å². The van der Waals surface area contributed by atoms with E-state index in [-0.39, 0.29) is 6.04 Å². The fraction of sp³-hybridized carbons (Fsp3) is 0.150. The molecule has 0 aliphatic rings. The molecule has 1 aromatic carbocycles. The lowest BCUT2D eigenvalue weighted by Gasteiger charge is -2.16. The predicted octanol–water partition coefficient (Wildman–Crippen LogP) is 3.37. The summed E-state index contributed by atoms with van der Waals surface area (Å²) in [6.45, 7) is 1.98. The largest absolute Gasteiger partial charge is 0.322 e. The Kier molecular flexibility index (Phi) is 3.99. The Labute approximate surface area is 146 Å². The number of nitrogens with zero attached hydrogens (tertiary/aromatic N) is 4. The Bertz CT molecular complexity index is 1020. The van der Waals surface area contributed by atoms with Gasteiger partial charge in [0.2, 0.25) is 0 Å². The van der Waals surface area contributed by atoms with E-state index < -0.39 is 0 Å². The lowest BCUT2D eigenvalue weighted by Crippen LogP contribution is -2.18. The Hall–Kier alpha value is -3.05. The van der Waals surface area contributed by atoms with Gasteiger partial charge >= 0.3 is 0 Å². The molecule has 0 aliphatic carbocycles. The molecule has 3 heterocycles. The highest BCUT2D eigenvalue weighted by molar-refractivity contribution is 5.80. The second kappa shape index (κ2) is 6.45. The van der Waals surface area contributed by atoms with E-state index in [0.29, 0.717) is 6.42 Å². The summed E-state index contributed by atoms with van der Waals surface area (Å²) < 4.78 is 1.90. The molecule has 1 atom stereocenters. The van der Waals surface area contributed by atoms with Crippen molar-refractivity contribution >= 4 is 10.9 Å². The van der Waals surface area contributed by atoms with Crippen LogP contribution < -0.4 is 5.73 Å². The first kappa shape index (κ1) is 15.5. The first-order valence-corrected chi connectivity index (χ1v) is 8.28. The van der Waals surface area contributed by atoms with Crippen molar-refractivity contribution in [3.63, 3.8) is 0 Å². The number of nitrogens with two attached hydrogens (primary N) is 1. The van der Waals surface area contributed by atoms with Gasteiger partial charge in [0.15, 0.2) is 0 Å². The highest BCUT2D eigenvalue weighted by atomic mass is 15.3. The van der Waals surface area contributed by atoms with E-state index in [0.717, 1.165) is 33.7 Å². The minimum atomic E-state index is -0.256. The van der Waals surface area contributed by atoms with E-state index in [4.69, 9.17) is 5.73 Å². The molecule has 3 aromatic heterocycles. The molecule has 25 heavy (non-hydrogen) atoms. The second-order valence-corrected chi connectivity index (χ2v) is 6.10. The minimum Gasteiger partial charge on any atom is -0.322 e. The fourth-order valence-corrected chi connectivity index (χ4v) is 3.07. The van der Waals surface area contributed by atoms with Crippen LogP contribution in [0.4, 0.5) is 0 Å². The normalized spacial score (nSPS) is 12.4. The van der Waals surface area contributed by atoms with Crippen LogP contribution in [0.3, 0.4) is 0 Å². The van der Waals surface area contributed by atoms with Gasteiger partial charge in [0, 0.05) is 29.4 Å². The third-order valence-electron chi connectivity index (χ3n) is 4.25. The molecule has 0 radical (unpaired) electrons. The standard InChI is InChI=1S/C20H19N5/c1-14-6-4-8-16(24-14)12-17(21)20-19(10-5-11-22-20)25-18-9-3-2-7-15(18)13-23-25/h2-11,13,17H,12,21H2,1H3/t17-/m0/s1. The number of hydrogen-bond donors (Lipinski definition) is 1. The molecular formula is C20H19N5. The zero-order chi connectivity index (χ0) is 17.2.